The maximum absolute atomic E-state index is 5.61. The Kier molecular flexibility index (Phi) is 3.87. The van der Waals surface area contributed by atoms with Crippen molar-refractivity contribution in [3.05, 3.63) is 41.1 Å². The summed E-state index contributed by atoms with van der Waals surface area (Å²) in [6, 6.07) is 4.23. The average Bonchev–Trinajstić information content (AvgIpc) is 2.92. The van der Waals surface area contributed by atoms with Crippen LogP contribution in [0.15, 0.2) is 22.7 Å². The number of furan rings is 1. The van der Waals surface area contributed by atoms with E-state index in [0.29, 0.717) is 0 Å². The van der Waals surface area contributed by atoms with Gasteiger partial charge in [-0.2, -0.15) is 5.10 Å². The molecule has 4 nitrogen and oxygen atoms in total. The molecule has 0 saturated heterocycles. The molecule has 2 rings (SSSR count). The lowest BCUT2D eigenvalue weighted by molar-refractivity contribution is 0.415. The fourth-order valence-electron chi connectivity index (χ4n) is 2.08. The highest BCUT2D eigenvalue weighted by Gasteiger charge is 2.11. The monoisotopic (exact) mass is 247 g/mol. The predicted molar refractivity (Wildman–Crippen MR) is 71.3 cm³/mol. The number of aryl methyl sites for hydroxylation is 3. The van der Waals surface area contributed by atoms with Gasteiger partial charge in [-0.25, -0.2) is 0 Å². The van der Waals surface area contributed by atoms with Crippen LogP contribution in [0.3, 0.4) is 0 Å². The summed E-state index contributed by atoms with van der Waals surface area (Å²) in [5, 5.41) is 7.91. The van der Waals surface area contributed by atoms with Crippen molar-refractivity contribution in [2.24, 2.45) is 7.05 Å². The van der Waals surface area contributed by atoms with Crippen molar-refractivity contribution in [1.29, 1.82) is 0 Å². The van der Waals surface area contributed by atoms with Gasteiger partial charge in [-0.15, -0.1) is 0 Å². The standard InChI is InChI=1S/C14H21N3O/c1-5-13-12(9-17(4)16-13)8-15-11(3)14-7-6-10(2)18-14/h6-7,9,11,15H,5,8H2,1-4H3. The van der Waals surface area contributed by atoms with Crippen molar-refractivity contribution in [2.75, 3.05) is 0 Å². The second-order valence-electron chi connectivity index (χ2n) is 4.68. The number of hydrogen-bond donors (Lipinski definition) is 1. The van der Waals surface area contributed by atoms with Crippen LogP contribution in [0, 0.1) is 6.92 Å². The van der Waals surface area contributed by atoms with E-state index in [-0.39, 0.29) is 6.04 Å². The predicted octanol–water partition coefficient (Wildman–Crippen LogP) is 2.73. The van der Waals surface area contributed by atoms with Gasteiger partial charge in [0.05, 0.1) is 11.7 Å². The van der Waals surface area contributed by atoms with Gasteiger partial charge in [0, 0.05) is 25.4 Å². The van der Waals surface area contributed by atoms with E-state index >= 15 is 0 Å². The Morgan fingerprint density at radius 1 is 1.44 bits per heavy atom. The van der Waals surface area contributed by atoms with Crippen LogP contribution in [0.2, 0.25) is 0 Å². The van der Waals surface area contributed by atoms with Crippen LogP contribution < -0.4 is 5.32 Å². The number of nitrogens with one attached hydrogen (secondary N) is 1. The molecule has 0 bridgehead atoms. The van der Waals surface area contributed by atoms with E-state index < -0.39 is 0 Å². The average molecular weight is 247 g/mol. The summed E-state index contributed by atoms with van der Waals surface area (Å²) < 4.78 is 7.48. The van der Waals surface area contributed by atoms with E-state index in [1.165, 1.54) is 5.56 Å². The quantitative estimate of drug-likeness (QED) is 0.883. The molecule has 2 heterocycles. The molecule has 1 atom stereocenters. The van der Waals surface area contributed by atoms with E-state index in [4.69, 9.17) is 4.42 Å². The highest BCUT2D eigenvalue weighted by atomic mass is 16.3. The van der Waals surface area contributed by atoms with Crippen LogP contribution in [-0.2, 0) is 20.0 Å². The fraction of sp³-hybridized carbons (Fsp3) is 0.500. The Balaban J connectivity index is 1.98. The van der Waals surface area contributed by atoms with Crippen LogP contribution in [0.25, 0.3) is 0 Å². The molecule has 2 aromatic rings. The summed E-state index contributed by atoms with van der Waals surface area (Å²) >= 11 is 0. The van der Waals surface area contributed by atoms with E-state index in [0.717, 1.165) is 30.2 Å². The smallest absolute Gasteiger partial charge is 0.120 e. The van der Waals surface area contributed by atoms with Gasteiger partial charge in [-0.05, 0) is 32.4 Å². The first-order valence-electron chi connectivity index (χ1n) is 6.41. The molecule has 0 aliphatic rings. The second-order valence-corrected chi connectivity index (χ2v) is 4.68. The summed E-state index contributed by atoms with van der Waals surface area (Å²) in [5.41, 5.74) is 2.42. The molecular formula is C14H21N3O. The lowest BCUT2D eigenvalue weighted by Gasteiger charge is -2.10. The summed E-state index contributed by atoms with van der Waals surface area (Å²) in [5.74, 6) is 1.93. The van der Waals surface area contributed by atoms with Crippen molar-refractivity contribution >= 4 is 0 Å². The molecule has 0 fully saturated rings. The van der Waals surface area contributed by atoms with Crippen LogP contribution in [0.5, 0.6) is 0 Å². The zero-order chi connectivity index (χ0) is 13.1. The van der Waals surface area contributed by atoms with Gasteiger partial charge in [0.1, 0.15) is 11.5 Å². The van der Waals surface area contributed by atoms with E-state index in [1.807, 2.05) is 30.8 Å². The minimum absolute atomic E-state index is 0.212. The van der Waals surface area contributed by atoms with E-state index in [1.54, 1.807) is 0 Å². The maximum atomic E-state index is 5.61. The molecule has 1 N–H and O–H groups in total. The molecule has 0 aromatic carbocycles. The molecule has 0 amide bonds. The molecule has 4 heteroatoms. The van der Waals surface area contributed by atoms with E-state index in [2.05, 4.69) is 30.5 Å². The normalized spacial score (nSPS) is 12.9. The minimum Gasteiger partial charge on any atom is -0.465 e. The molecule has 0 aliphatic heterocycles. The van der Waals surface area contributed by atoms with Gasteiger partial charge >= 0.3 is 0 Å². The van der Waals surface area contributed by atoms with Gasteiger partial charge in [-0.1, -0.05) is 6.92 Å². The van der Waals surface area contributed by atoms with Crippen LogP contribution in [0.4, 0.5) is 0 Å². The first-order chi connectivity index (χ1) is 8.60. The molecule has 0 aliphatic carbocycles. The van der Waals surface area contributed by atoms with Crippen LogP contribution in [-0.4, -0.2) is 9.78 Å². The van der Waals surface area contributed by atoms with Crippen molar-refractivity contribution in [3.63, 3.8) is 0 Å². The minimum atomic E-state index is 0.212. The molecular weight excluding hydrogens is 226 g/mol. The lowest BCUT2D eigenvalue weighted by atomic mass is 10.2. The largest absolute Gasteiger partial charge is 0.465 e. The van der Waals surface area contributed by atoms with Crippen LogP contribution in [0.1, 0.15) is 42.7 Å². The van der Waals surface area contributed by atoms with Crippen molar-refractivity contribution in [3.8, 4) is 0 Å². The third-order valence-electron chi connectivity index (χ3n) is 3.11. The van der Waals surface area contributed by atoms with Crippen molar-refractivity contribution in [1.82, 2.24) is 15.1 Å². The Labute approximate surface area is 108 Å². The second kappa shape index (κ2) is 5.40. The van der Waals surface area contributed by atoms with Gasteiger partial charge in [-0.3, -0.25) is 4.68 Å². The van der Waals surface area contributed by atoms with E-state index in [9.17, 15) is 0 Å². The molecule has 1 unspecified atom stereocenters. The molecule has 18 heavy (non-hydrogen) atoms. The van der Waals surface area contributed by atoms with Crippen LogP contribution >= 0.6 is 0 Å². The molecule has 0 radical (unpaired) electrons. The Morgan fingerprint density at radius 3 is 2.83 bits per heavy atom. The Bertz CT molecular complexity index is 513. The Hall–Kier alpha value is -1.55. The van der Waals surface area contributed by atoms with Gasteiger partial charge in [0.15, 0.2) is 0 Å². The third kappa shape index (κ3) is 2.82. The topological polar surface area (TPSA) is 43.0 Å². The molecule has 98 valence electrons. The first kappa shape index (κ1) is 12.9. The van der Waals surface area contributed by atoms with Crippen molar-refractivity contribution < 1.29 is 4.42 Å². The zero-order valence-corrected chi connectivity index (χ0v) is 11.5. The summed E-state index contributed by atoms with van der Waals surface area (Å²) in [6.07, 6.45) is 3.04. The summed E-state index contributed by atoms with van der Waals surface area (Å²) in [4.78, 5) is 0. The zero-order valence-electron chi connectivity index (χ0n) is 11.5. The summed E-state index contributed by atoms with van der Waals surface area (Å²) in [6.45, 7) is 7.02. The fourth-order valence-corrected chi connectivity index (χ4v) is 2.08. The molecule has 0 saturated carbocycles. The van der Waals surface area contributed by atoms with Gasteiger partial charge < -0.3 is 9.73 Å². The van der Waals surface area contributed by atoms with Crippen molar-refractivity contribution in [2.45, 2.75) is 39.8 Å². The lowest BCUT2D eigenvalue weighted by Crippen LogP contribution is -2.18. The number of aromatic nitrogens is 2. The SMILES string of the molecule is CCc1nn(C)cc1CNC(C)c1ccc(C)o1. The highest BCUT2D eigenvalue weighted by molar-refractivity contribution is 5.17. The van der Waals surface area contributed by atoms with Gasteiger partial charge in [0.25, 0.3) is 0 Å². The molecule has 0 spiro atoms. The first-order valence-corrected chi connectivity index (χ1v) is 6.41. The maximum Gasteiger partial charge on any atom is 0.120 e. The third-order valence-corrected chi connectivity index (χ3v) is 3.11. The molecule has 2 aromatic heterocycles. The Morgan fingerprint density at radius 2 is 2.22 bits per heavy atom. The van der Waals surface area contributed by atoms with Gasteiger partial charge in [0.2, 0.25) is 0 Å². The number of rotatable bonds is 5. The number of nitrogens with zero attached hydrogens (tertiary/aromatic N) is 2. The highest BCUT2D eigenvalue weighted by Crippen LogP contribution is 2.16. The number of hydrogen-bond acceptors (Lipinski definition) is 3. The summed E-state index contributed by atoms with van der Waals surface area (Å²) in [7, 11) is 1.96.